The Labute approximate surface area is 164 Å². The van der Waals surface area contributed by atoms with Gasteiger partial charge in [-0.2, -0.15) is 0 Å². The molecule has 1 aliphatic rings. The van der Waals surface area contributed by atoms with E-state index in [1.54, 1.807) is 0 Å². The van der Waals surface area contributed by atoms with Gasteiger partial charge in [-0.05, 0) is 72.1 Å². The topological polar surface area (TPSA) is 75.3 Å². The first-order valence-electron chi connectivity index (χ1n) is 8.25. The molecule has 5 nitrogen and oxygen atoms in total. The molecule has 1 amide bonds. The fourth-order valence-electron chi connectivity index (χ4n) is 2.53. The molecule has 27 heavy (non-hydrogen) atoms. The molecule has 2 aromatic carbocycles. The second-order valence-electron chi connectivity index (χ2n) is 6.40. The number of sulfonamides is 1. The molecule has 1 atom stereocenters. The minimum Gasteiger partial charge on any atom is -0.345 e. The minimum absolute atomic E-state index is 0.00125. The molecule has 2 aromatic rings. The molecule has 9 heteroatoms. The lowest BCUT2D eigenvalue weighted by Crippen LogP contribution is -2.29. The summed E-state index contributed by atoms with van der Waals surface area (Å²) in [6.45, 7) is 1.51. The first-order valence-corrected chi connectivity index (χ1v) is 10.5. The predicted octanol–water partition coefficient (Wildman–Crippen LogP) is 3.66. The lowest BCUT2D eigenvalue weighted by Gasteiger charge is -2.16. The van der Waals surface area contributed by atoms with E-state index in [2.05, 4.69) is 26.0 Å². The van der Waals surface area contributed by atoms with E-state index >= 15 is 0 Å². The van der Waals surface area contributed by atoms with Crippen molar-refractivity contribution in [3.8, 4) is 0 Å². The van der Waals surface area contributed by atoms with E-state index < -0.39 is 33.6 Å². The van der Waals surface area contributed by atoms with Crippen LogP contribution in [0.2, 0.25) is 0 Å². The second kappa shape index (κ2) is 7.65. The number of hydrogen-bond acceptors (Lipinski definition) is 3. The van der Waals surface area contributed by atoms with Gasteiger partial charge in [-0.3, -0.25) is 4.79 Å². The molecule has 0 radical (unpaired) electrons. The van der Waals surface area contributed by atoms with E-state index in [1.165, 1.54) is 25.1 Å². The van der Waals surface area contributed by atoms with Crippen molar-refractivity contribution in [3.05, 3.63) is 63.6 Å². The average Bonchev–Trinajstić information content (AvgIpc) is 3.40. The van der Waals surface area contributed by atoms with Gasteiger partial charge < -0.3 is 5.32 Å². The van der Waals surface area contributed by atoms with Crippen molar-refractivity contribution in [3.63, 3.8) is 0 Å². The number of halogens is 3. The maximum Gasteiger partial charge on any atom is 0.252 e. The predicted molar refractivity (Wildman–Crippen MR) is 99.7 cm³/mol. The summed E-state index contributed by atoms with van der Waals surface area (Å²) < 4.78 is 54.9. The molecular formula is C18H17BrF2N2O3S. The highest BCUT2D eigenvalue weighted by Crippen LogP contribution is 2.26. The van der Waals surface area contributed by atoms with Gasteiger partial charge in [0.25, 0.3) is 5.91 Å². The van der Waals surface area contributed by atoms with E-state index in [4.69, 9.17) is 0 Å². The van der Waals surface area contributed by atoms with Gasteiger partial charge in [0.1, 0.15) is 11.6 Å². The third-order valence-electron chi connectivity index (χ3n) is 4.16. The van der Waals surface area contributed by atoms with Crippen molar-refractivity contribution < 1.29 is 22.0 Å². The number of nitrogens with one attached hydrogen (secondary N) is 2. The first-order chi connectivity index (χ1) is 12.7. The molecule has 1 saturated carbocycles. The van der Waals surface area contributed by atoms with Crippen molar-refractivity contribution in [2.45, 2.75) is 36.7 Å². The summed E-state index contributed by atoms with van der Waals surface area (Å²) in [5, 5.41) is 2.56. The molecule has 1 aliphatic carbocycles. The van der Waals surface area contributed by atoms with E-state index in [0.29, 0.717) is 4.47 Å². The van der Waals surface area contributed by atoms with E-state index in [1.807, 2.05) is 0 Å². The average molecular weight is 459 g/mol. The molecule has 1 unspecified atom stereocenters. The molecule has 3 rings (SSSR count). The zero-order valence-electron chi connectivity index (χ0n) is 14.3. The number of rotatable bonds is 6. The van der Waals surface area contributed by atoms with Crippen molar-refractivity contribution in [1.29, 1.82) is 0 Å². The summed E-state index contributed by atoms with van der Waals surface area (Å²) in [6.07, 6.45) is 1.58. The van der Waals surface area contributed by atoms with Crippen LogP contribution < -0.4 is 10.0 Å². The van der Waals surface area contributed by atoms with Crippen molar-refractivity contribution in [2.24, 2.45) is 0 Å². The van der Waals surface area contributed by atoms with E-state index in [9.17, 15) is 22.0 Å². The highest BCUT2D eigenvalue weighted by molar-refractivity contribution is 9.10. The number of amides is 1. The van der Waals surface area contributed by atoms with Crippen molar-refractivity contribution >= 4 is 31.9 Å². The Morgan fingerprint density at radius 2 is 1.89 bits per heavy atom. The zero-order chi connectivity index (χ0) is 19.8. The fourth-order valence-corrected chi connectivity index (χ4v) is 4.29. The van der Waals surface area contributed by atoms with Crippen LogP contribution in [0.5, 0.6) is 0 Å². The van der Waals surface area contributed by atoms with Crippen LogP contribution in [0.4, 0.5) is 8.78 Å². The quantitative estimate of drug-likeness (QED) is 0.693. The standard InChI is InChI=1S/C18H17BrF2N2O3S/c1-10(14-8-11(20)2-7-17(14)21)22-18(24)15-9-13(5-6-16(15)19)27(25,26)23-12-3-4-12/h2,5-10,12,23H,3-4H2,1H3,(H,22,24). The molecule has 2 N–H and O–H groups in total. The van der Waals surface area contributed by atoms with Gasteiger partial charge in [0.15, 0.2) is 0 Å². The zero-order valence-corrected chi connectivity index (χ0v) is 16.7. The van der Waals surface area contributed by atoms with Gasteiger partial charge in [-0.15, -0.1) is 0 Å². The van der Waals surface area contributed by atoms with Gasteiger partial charge in [0.05, 0.1) is 16.5 Å². The largest absolute Gasteiger partial charge is 0.345 e. The first kappa shape index (κ1) is 19.9. The number of carbonyl (C=O) groups is 1. The summed E-state index contributed by atoms with van der Waals surface area (Å²) in [4.78, 5) is 12.6. The molecule has 0 heterocycles. The highest BCUT2D eigenvalue weighted by atomic mass is 79.9. The number of carbonyl (C=O) groups excluding carboxylic acids is 1. The molecule has 0 saturated heterocycles. The molecule has 0 aliphatic heterocycles. The van der Waals surface area contributed by atoms with Crippen LogP contribution in [0.25, 0.3) is 0 Å². The Hall–Kier alpha value is -1.84. The SMILES string of the molecule is CC(NC(=O)c1cc(S(=O)(=O)NC2CC2)ccc1Br)c1cc(F)ccc1F. The molecule has 1 fully saturated rings. The summed E-state index contributed by atoms with van der Waals surface area (Å²) in [6, 6.07) is 6.21. The maximum absolute atomic E-state index is 13.9. The molecule has 0 aromatic heterocycles. The highest BCUT2D eigenvalue weighted by Gasteiger charge is 2.29. The Morgan fingerprint density at radius 3 is 2.56 bits per heavy atom. The van der Waals surface area contributed by atoms with Crippen LogP contribution in [0.15, 0.2) is 45.8 Å². The molecule has 0 bridgehead atoms. The summed E-state index contributed by atoms with van der Waals surface area (Å²) in [7, 11) is -3.72. The smallest absolute Gasteiger partial charge is 0.252 e. The maximum atomic E-state index is 13.9. The normalized spacial score (nSPS) is 15.4. The monoisotopic (exact) mass is 458 g/mol. The summed E-state index contributed by atoms with van der Waals surface area (Å²) >= 11 is 3.22. The molecular weight excluding hydrogens is 442 g/mol. The van der Waals surface area contributed by atoms with Gasteiger partial charge in [-0.25, -0.2) is 21.9 Å². The Balaban J connectivity index is 1.83. The van der Waals surface area contributed by atoms with Crippen molar-refractivity contribution in [2.75, 3.05) is 0 Å². The van der Waals surface area contributed by atoms with Gasteiger partial charge in [-0.1, -0.05) is 0 Å². The molecule has 0 spiro atoms. The molecule has 144 valence electrons. The van der Waals surface area contributed by atoms with Gasteiger partial charge in [0, 0.05) is 16.1 Å². The van der Waals surface area contributed by atoms with Crippen LogP contribution >= 0.6 is 15.9 Å². The van der Waals surface area contributed by atoms with Crippen LogP contribution in [0.3, 0.4) is 0 Å². The van der Waals surface area contributed by atoms with Crippen LogP contribution in [0, 0.1) is 11.6 Å². The van der Waals surface area contributed by atoms with Crippen LogP contribution in [-0.2, 0) is 10.0 Å². The van der Waals surface area contributed by atoms with Crippen LogP contribution in [-0.4, -0.2) is 20.4 Å². The lowest BCUT2D eigenvalue weighted by molar-refractivity contribution is 0.0938. The third kappa shape index (κ3) is 4.72. The van der Waals surface area contributed by atoms with E-state index in [0.717, 1.165) is 31.0 Å². The lowest BCUT2D eigenvalue weighted by atomic mass is 10.1. The minimum atomic E-state index is -3.72. The Kier molecular flexibility index (Phi) is 5.64. The van der Waals surface area contributed by atoms with E-state index in [-0.39, 0.29) is 22.1 Å². The van der Waals surface area contributed by atoms with Crippen molar-refractivity contribution in [1.82, 2.24) is 10.0 Å². The van der Waals surface area contributed by atoms with Gasteiger partial charge in [0.2, 0.25) is 10.0 Å². The van der Waals surface area contributed by atoms with Gasteiger partial charge >= 0.3 is 0 Å². The fraction of sp³-hybridized carbons (Fsp3) is 0.278. The number of hydrogen-bond donors (Lipinski definition) is 2. The number of benzene rings is 2. The summed E-state index contributed by atoms with van der Waals surface area (Å²) in [5.41, 5.74) is 0.0796. The summed E-state index contributed by atoms with van der Waals surface area (Å²) in [5.74, 6) is -1.87. The Morgan fingerprint density at radius 1 is 1.19 bits per heavy atom. The Bertz CT molecular complexity index is 994. The van der Waals surface area contributed by atoms with Crippen LogP contribution in [0.1, 0.15) is 41.7 Å². The third-order valence-corrected chi connectivity index (χ3v) is 6.37. The second-order valence-corrected chi connectivity index (χ2v) is 8.97.